The average Bonchev–Trinajstić information content (AvgIpc) is 2.62. The summed E-state index contributed by atoms with van der Waals surface area (Å²) in [5, 5.41) is 2.91. The van der Waals surface area contributed by atoms with E-state index in [9.17, 15) is 4.79 Å². The van der Waals surface area contributed by atoms with Crippen LogP contribution in [0.4, 0.5) is 5.69 Å². The van der Waals surface area contributed by atoms with Crippen LogP contribution in [0.2, 0.25) is 0 Å². The number of nitrogens with one attached hydrogen (secondary N) is 1. The number of carbonyl (C=O) groups is 1. The van der Waals surface area contributed by atoms with E-state index in [2.05, 4.69) is 48.3 Å². The maximum atomic E-state index is 12.2. The summed E-state index contributed by atoms with van der Waals surface area (Å²) in [5.41, 5.74) is 2.35. The van der Waals surface area contributed by atoms with Gasteiger partial charge in [-0.1, -0.05) is 30.3 Å². The van der Waals surface area contributed by atoms with Crippen LogP contribution in [0.15, 0.2) is 59.5 Å². The van der Waals surface area contributed by atoms with Crippen LogP contribution in [0.25, 0.3) is 0 Å². The van der Waals surface area contributed by atoms with E-state index in [-0.39, 0.29) is 11.2 Å². The van der Waals surface area contributed by atoms with E-state index in [1.807, 2.05) is 37.3 Å². The van der Waals surface area contributed by atoms with Crippen molar-refractivity contribution in [1.82, 2.24) is 5.32 Å². The van der Waals surface area contributed by atoms with Gasteiger partial charge in [0, 0.05) is 30.2 Å². The van der Waals surface area contributed by atoms with E-state index < -0.39 is 0 Å². The Balaban J connectivity index is 1.85. The summed E-state index contributed by atoms with van der Waals surface area (Å²) in [6, 6.07) is 18.4. The fraction of sp³-hybridized carbons (Fsp3) is 0.350. The highest BCUT2D eigenvalue weighted by Gasteiger charge is 2.13. The number of hydrogen-bond acceptors (Lipinski definition) is 3. The number of rotatable bonds is 8. The molecule has 1 atom stereocenters. The van der Waals surface area contributed by atoms with Crippen LogP contribution in [0, 0.1) is 0 Å². The summed E-state index contributed by atoms with van der Waals surface area (Å²) < 4.78 is 0. The zero-order valence-corrected chi connectivity index (χ0v) is 15.5. The summed E-state index contributed by atoms with van der Waals surface area (Å²) in [6.45, 7) is 8.82. The van der Waals surface area contributed by atoms with Crippen LogP contribution < -0.4 is 10.2 Å². The molecule has 128 valence electrons. The average molecular weight is 343 g/mol. The van der Waals surface area contributed by atoms with Crippen LogP contribution >= 0.6 is 11.8 Å². The molecular weight excluding hydrogens is 316 g/mol. The van der Waals surface area contributed by atoms with Crippen molar-refractivity contribution in [3.05, 3.63) is 60.2 Å². The van der Waals surface area contributed by atoms with E-state index in [1.165, 1.54) is 5.69 Å². The van der Waals surface area contributed by atoms with Crippen LogP contribution in [-0.2, 0) is 11.3 Å². The van der Waals surface area contributed by atoms with Gasteiger partial charge in [-0.3, -0.25) is 4.79 Å². The molecule has 0 spiro atoms. The second-order valence-corrected chi connectivity index (χ2v) is 7.04. The van der Waals surface area contributed by atoms with Gasteiger partial charge in [0.05, 0.1) is 5.25 Å². The Morgan fingerprint density at radius 3 is 2.25 bits per heavy atom. The van der Waals surface area contributed by atoms with Crippen molar-refractivity contribution in [2.24, 2.45) is 0 Å². The predicted molar refractivity (Wildman–Crippen MR) is 104 cm³/mol. The Labute approximate surface area is 149 Å². The quantitative estimate of drug-likeness (QED) is 0.725. The zero-order valence-electron chi connectivity index (χ0n) is 14.7. The molecule has 24 heavy (non-hydrogen) atoms. The van der Waals surface area contributed by atoms with Gasteiger partial charge in [0.1, 0.15) is 0 Å². The van der Waals surface area contributed by atoms with Crippen LogP contribution in [0.3, 0.4) is 0 Å². The van der Waals surface area contributed by atoms with Gasteiger partial charge in [-0.15, -0.1) is 11.8 Å². The molecular formula is C20H26N2OS. The summed E-state index contributed by atoms with van der Waals surface area (Å²) in [4.78, 5) is 15.7. The highest BCUT2D eigenvalue weighted by atomic mass is 32.2. The molecule has 0 aliphatic heterocycles. The molecule has 0 radical (unpaired) electrons. The van der Waals surface area contributed by atoms with E-state index in [4.69, 9.17) is 0 Å². The van der Waals surface area contributed by atoms with Gasteiger partial charge in [0.15, 0.2) is 0 Å². The number of benzene rings is 2. The lowest BCUT2D eigenvalue weighted by Gasteiger charge is -2.21. The third-order valence-electron chi connectivity index (χ3n) is 3.96. The first-order valence-electron chi connectivity index (χ1n) is 8.47. The Hall–Kier alpha value is -1.94. The highest BCUT2D eigenvalue weighted by Crippen LogP contribution is 2.22. The molecule has 3 nitrogen and oxygen atoms in total. The zero-order chi connectivity index (χ0) is 17.4. The predicted octanol–water partition coefficient (Wildman–Crippen LogP) is 4.33. The largest absolute Gasteiger partial charge is 0.372 e. The first kappa shape index (κ1) is 18.4. The highest BCUT2D eigenvalue weighted by molar-refractivity contribution is 8.00. The third-order valence-corrected chi connectivity index (χ3v) is 5.07. The molecule has 0 unspecified atom stereocenters. The van der Waals surface area contributed by atoms with Crippen molar-refractivity contribution in [2.75, 3.05) is 18.0 Å². The Bertz CT molecular complexity index is 624. The molecule has 1 amide bonds. The normalized spacial score (nSPS) is 11.8. The molecule has 2 rings (SSSR count). The number of amides is 1. The van der Waals surface area contributed by atoms with E-state index in [0.717, 1.165) is 23.5 Å². The second kappa shape index (κ2) is 9.38. The van der Waals surface area contributed by atoms with Crippen LogP contribution in [-0.4, -0.2) is 24.2 Å². The molecule has 2 aromatic rings. The first-order chi connectivity index (χ1) is 11.6. The second-order valence-electron chi connectivity index (χ2n) is 5.63. The van der Waals surface area contributed by atoms with Crippen LogP contribution in [0.1, 0.15) is 26.3 Å². The third kappa shape index (κ3) is 5.31. The minimum absolute atomic E-state index is 0.0664. The molecule has 0 aromatic heterocycles. The summed E-state index contributed by atoms with van der Waals surface area (Å²) in [7, 11) is 0. The number of thioether (sulfide) groups is 1. The Kier molecular flexibility index (Phi) is 7.19. The summed E-state index contributed by atoms with van der Waals surface area (Å²) in [6.07, 6.45) is 0. The van der Waals surface area contributed by atoms with Crippen molar-refractivity contribution in [3.63, 3.8) is 0 Å². The van der Waals surface area contributed by atoms with E-state index in [0.29, 0.717) is 6.54 Å². The topological polar surface area (TPSA) is 32.3 Å². The molecule has 2 aromatic carbocycles. The molecule has 0 aliphatic rings. The maximum absolute atomic E-state index is 12.2. The number of hydrogen-bond donors (Lipinski definition) is 1. The minimum Gasteiger partial charge on any atom is -0.372 e. The Morgan fingerprint density at radius 1 is 1.04 bits per heavy atom. The number of anilines is 1. The molecule has 0 saturated carbocycles. The van der Waals surface area contributed by atoms with Gasteiger partial charge >= 0.3 is 0 Å². The maximum Gasteiger partial charge on any atom is 0.233 e. The minimum atomic E-state index is -0.109. The monoisotopic (exact) mass is 342 g/mol. The standard InChI is InChI=1S/C20H26N2OS/c1-4-22(5-2)18-13-11-17(12-14-18)15-21-20(23)16(3)24-19-9-7-6-8-10-19/h6-14,16H,4-5,15H2,1-3H3,(H,21,23)/t16-/m1/s1. The molecule has 0 bridgehead atoms. The van der Waals surface area contributed by atoms with Gasteiger partial charge in [-0.25, -0.2) is 0 Å². The van der Waals surface area contributed by atoms with Crippen molar-refractivity contribution in [2.45, 2.75) is 37.5 Å². The number of nitrogens with zero attached hydrogens (tertiary/aromatic N) is 1. The van der Waals surface area contributed by atoms with Gasteiger partial charge in [-0.05, 0) is 50.6 Å². The van der Waals surface area contributed by atoms with E-state index in [1.54, 1.807) is 11.8 Å². The van der Waals surface area contributed by atoms with Gasteiger partial charge in [-0.2, -0.15) is 0 Å². The Morgan fingerprint density at radius 2 is 1.67 bits per heavy atom. The molecule has 4 heteroatoms. The SMILES string of the molecule is CCN(CC)c1ccc(CNC(=O)[C@@H](C)Sc2ccccc2)cc1. The van der Waals surface area contributed by atoms with Crippen molar-refractivity contribution in [1.29, 1.82) is 0 Å². The van der Waals surface area contributed by atoms with Gasteiger partial charge < -0.3 is 10.2 Å². The van der Waals surface area contributed by atoms with Gasteiger partial charge in [0.2, 0.25) is 5.91 Å². The van der Waals surface area contributed by atoms with Gasteiger partial charge in [0.25, 0.3) is 0 Å². The lowest BCUT2D eigenvalue weighted by molar-refractivity contribution is -0.120. The lowest BCUT2D eigenvalue weighted by Crippen LogP contribution is -2.30. The van der Waals surface area contributed by atoms with E-state index >= 15 is 0 Å². The fourth-order valence-corrected chi connectivity index (χ4v) is 3.42. The first-order valence-corrected chi connectivity index (χ1v) is 9.35. The fourth-order valence-electron chi connectivity index (χ4n) is 2.50. The molecule has 0 aliphatic carbocycles. The van der Waals surface area contributed by atoms with Crippen molar-refractivity contribution < 1.29 is 4.79 Å². The summed E-state index contributed by atoms with van der Waals surface area (Å²) >= 11 is 1.58. The summed E-state index contributed by atoms with van der Waals surface area (Å²) in [5.74, 6) is 0.0664. The molecule has 0 fully saturated rings. The lowest BCUT2D eigenvalue weighted by atomic mass is 10.2. The molecule has 1 N–H and O–H groups in total. The molecule has 0 heterocycles. The van der Waals surface area contributed by atoms with Crippen molar-refractivity contribution >= 4 is 23.4 Å². The van der Waals surface area contributed by atoms with Crippen LogP contribution in [0.5, 0.6) is 0 Å². The number of carbonyl (C=O) groups excluding carboxylic acids is 1. The molecule has 0 saturated heterocycles. The smallest absolute Gasteiger partial charge is 0.233 e. The van der Waals surface area contributed by atoms with Crippen molar-refractivity contribution in [3.8, 4) is 0 Å².